The minimum Gasteiger partial charge on any atom is -0.340 e. The van der Waals surface area contributed by atoms with Crippen molar-refractivity contribution in [3.05, 3.63) is 93.2 Å². The Morgan fingerprint density at radius 3 is 2.46 bits per heavy atom. The smallest absolute Gasteiger partial charge is 0.252 e. The van der Waals surface area contributed by atoms with Crippen LogP contribution in [0.15, 0.2) is 60.0 Å². The number of thiophene rings is 1. The number of amides is 1. The molecule has 0 saturated heterocycles. The molecule has 2 aromatic carbocycles. The molecule has 0 saturated carbocycles. The number of carbonyl (C=O) groups is 1. The van der Waals surface area contributed by atoms with Crippen molar-refractivity contribution >= 4 is 17.2 Å². The lowest BCUT2D eigenvalue weighted by Crippen LogP contribution is -2.29. The van der Waals surface area contributed by atoms with Gasteiger partial charge in [-0.2, -0.15) is 0 Å². The fourth-order valence-corrected chi connectivity index (χ4v) is 3.18. The molecule has 122 valence electrons. The van der Waals surface area contributed by atoms with Gasteiger partial charge >= 0.3 is 0 Å². The molecule has 24 heavy (non-hydrogen) atoms. The number of nitrogens with one attached hydrogen (secondary N) is 1. The van der Waals surface area contributed by atoms with Crippen molar-refractivity contribution in [1.82, 2.24) is 5.32 Å². The minimum absolute atomic E-state index is 0.252. The maximum absolute atomic E-state index is 13.7. The summed E-state index contributed by atoms with van der Waals surface area (Å²) in [7, 11) is 0. The fraction of sp³-hybridized carbons (Fsp3) is 0.105. The molecular weight excluding hydrogens is 328 g/mol. The van der Waals surface area contributed by atoms with E-state index in [0.29, 0.717) is 5.56 Å². The van der Waals surface area contributed by atoms with Gasteiger partial charge in [-0.3, -0.25) is 4.79 Å². The molecule has 0 bridgehead atoms. The number of halogens is 2. The zero-order valence-electron chi connectivity index (χ0n) is 12.9. The molecule has 0 fully saturated rings. The van der Waals surface area contributed by atoms with E-state index in [9.17, 15) is 13.6 Å². The third kappa shape index (κ3) is 3.51. The summed E-state index contributed by atoms with van der Waals surface area (Å²) in [6.07, 6.45) is 0. The molecule has 0 aliphatic rings. The van der Waals surface area contributed by atoms with E-state index in [1.807, 2.05) is 17.5 Å². The summed E-state index contributed by atoms with van der Waals surface area (Å²) in [4.78, 5) is 13.4. The molecule has 1 N–H and O–H groups in total. The summed E-state index contributed by atoms with van der Waals surface area (Å²) >= 11 is 1.49. The van der Waals surface area contributed by atoms with E-state index in [-0.39, 0.29) is 17.3 Å². The summed E-state index contributed by atoms with van der Waals surface area (Å²) < 4.78 is 26.9. The van der Waals surface area contributed by atoms with Crippen molar-refractivity contribution in [2.45, 2.75) is 13.0 Å². The average molecular weight is 343 g/mol. The van der Waals surface area contributed by atoms with E-state index in [1.165, 1.54) is 29.5 Å². The van der Waals surface area contributed by atoms with Gasteiger partial charge in [0.25, 0.3) is 5.91 Å². The van der Waals surface area contributed by atoms with Crippen LogP contribution in [0.25, 0.3) is 0 Å². The van der Waals surface area contributed by atoms with Crippen molar-refractivity contribution in [3.8, 4) is 0 Å². The second-order valence-corrected chi connectivity index (χ2v) is 6.42. The van der Waals surface area contributed by atoms with Crippen LogP contribution in [0.3, 0.4) is 0 Å². The molecule has 1 aromatic heterocycles. The Kier molecular flexibility index (Phi) is 4.71. The third-order valence-electron chi connectivity index (χ3n) is 3.74. The summed E-state index contributed by atoms with van der Waals surface area (Å²) in [5, 5.41) is 4.81. The second-order valence-electron chi connectivity index (χ2n) is 5.44. The monoisotopic (exact) mass is 343 g/mol. The number of carbonyl (C=O) groups excluding carboxylic acids is 1. The molecule has 2 nitrogen and oxygen atoms in total. The largest absolute Gasteiger partial charge is 0.340 e. The number of rotatable bonds is 4. The van der Waals surface area contributed by atoms with Crippen molar-refractivity contribution in [2.24, 2.45) is 0 Å². The first kappa shape index (κ1) is 16.3. The molecule has 0 spiro atoms. The SMILES string of the molecule is Cc1ccc(C(=O)NC(c2ccc(F)cc2)c2cccs2)cc1F. The predicted molar refractivity (Wildman–Crippen MR) is 91.2 cm³/mol. The molecule has 0 aliphatic heterocycles. The Bertz CT molecular complexity index is 844. The van der Waals surface area contributed by atoms with Crippen LogP contribution in [0.5, 0.6) is 0 Å². The first-order valence-corrected chi connectivity index (χ1v) is 8.28. The lowest BCUT2D eigenvalue weighted by molar-refractivity contribution is 0.0943. The second kappa shape index (κ2) is 6.93. The normalized spacial score (nSPS) is 12.0. The summed E-state index contributed by atoms with van der Waals surface area (Å²) in [6, 6.07) is 13.7. The first-order chi connectivity index (χ1) is 11.5. The molecule has 3 rings (SSSR count). The number of benzene rings is 2. The highest BCUT2D eigenvalue weighted by Crippen LogP contribution is 2.26. The van der Waals surface area contributed by atoms with Gasteiger partial charge in [0.1, 0.15) is 11.6 Å². The topological polar surface area (TPSA) is 29.1 Å². The number of aryl methyl sites for hydroxylation is 1. The molecule has 1 amide bonds. The van der Waals surface area contributed by atoms with Gasteiger partial charge in [0, 0.05) is 10.4 Å². The van der Waals surface area contributed by atoms with E-state index in [4.69, 9.17) is 0 Å². The van der Waals surface area contributed by atoms with Gasteiger partial charge in [-0.25, -0.2) is 8.78 Å². The predicted octanol–water partition coefficient (Wildman–Crippen LogP) is 4.85. The Morgan fingerprint density at radius 2 is 1.83 bits per heavy atom. The summed E-state index contributed by atoms with van der Waals surface area (Å²) in [5.41, 5.74) is 1.50. The highest BCUT2D eigenvalue weighted by molar-refractivity contribution is 7.10. The summed E-state index contributed by atoms with van der Waals surface area (Å²) in [6.45, 7) is 1.64. The Morgan fingerprint density at radius 1 is 1.08 bits per heavy atom. The lowest BCUT2D eigenvalue weighted by atomic mass is 10.0. The number of hydrogen-bond acceptors (Lipinski definition) is 2. The van der Waals surface area contributed by atoms with Gasteiger partial charge in [-0.15, -0.1) is 11.3 Å². The van der Waals surface area contributed by atoms with E-state index in [2.05, 4.69) is 5.32 Å². The average Bonchev–Trinajstić information content (AvgIpc) is 3.10. The molecule has 1 heterocycles. The van der Waals surface area contributed by atoms with Crippen LogP contribution < -0.4 is 5.32 Å². The highest BCUT2D eigenvalue weighted by Gasteiger charge is 2.19. The zero-order chi connectivity index (χ0) is 17.1. The third-order valence-corrected chi connectivity index (χ3v) is 4.68. The molecular formula is C19H15F2NOS. The van der Waals surface area contributed by atoms with E-state index >= 15 is 0 Å². The van der Waals surface area contributed by atoms with E-state index in [0.717, 1.165) is 10.4 Å². The van der Waals surface area contributed by atoms with Crippen molar-refractivity contribution in [1.29, 1.82) is 0 Å². The van der Waals surface area contributed by atoms with Gasteiger partial charge in [-0.1, -0.05) is 24.3 Å². The first-order valence-electron chi connectivity index (χ1n) is 7.40. The van der Waals surface area contributed by atoms with Crippen molar-refractivity contribution in [3.63, 3.8) is 0 Å². The van der Waals surface area contributed by atoms with Crippen LogP contribution >= 0.6 is 11.3 Å². The summed E-state index contributed by atoms with van der Waals surface area (Å²) in [5.74, 6) is -1.13. The number of hydrogen-bond donors (Lipinski definition) is 1. The van der Waals surface area contributed by atoms with E-state index in [1.54, 1.807) is 31.2 Å². The van der Waals surface area contributed by atoms with E-state index < -0.39 is 11.9 Å². The molecule has 3 aromatic rings. The van der Waals surface area contributed by atoms with Gasteiger partial charge in [0.2, 0.25) is 0 Å². The van der Waals surface area contributed by atoms with Crippen LogP contribution in [0.1, 0.15) is 32.4 Å². The van der Waals surface area contributed by atoms with Crippen LogP contribution in [-0.2, 0) is 0 Å². The molecule has 5 heteroatoms. The lowest BCUT2D eigenvalue weighted by Gasteiger charge is -2.18. The fourth-order valence-electron chi connectivity index (χ4n) is 2.38. The van der Waals surface area contributed by atoms with Crippen LogP contribution in [-0.4, -0.2) is 5.91 Å². The van der Waals surface area contributed by atoms with Crippen molar-refractivity contribution in [2.75, 3.05) is 0 Å². The molecule has 0 radical (unpaired) electrons. The minimum atomic E-state index is -0.419. The van der Waals surface area contributed by atoms with Gasteiger partial charge in [0.15, 0.2) is 0 Å². The molecule has 0 aliphatic carbocycles. The Hall–Kier alpha value is -2.53. The Labute approximate surface area is 142 Å². The zero-order valence-corrected chi connectivity index (χ0v) is 13.7. The quantitative estimate of drug-likeness (QED) is 0.720. The van der Waals surface area contributed by atoms with Crippen LogP contribution in [0.4, 0.5) is 8.78 Å². The van der Waals surface area contributed by atoms with Gasteiger partial charge in [0.05, 0.1) is 6.04 Å². The van der Waals surface area contributed by atoms with Crippen LogP contribution in [0.2, 0.25) is 0 Å². The Balaban J connectivity index is 1.90. The maximum Gasteiger partial charge on any atom is 0.252 e. The van der Waals surface area contributed by atoms with Gasteiger partial charge < -0.3 is 5.32 Å². The van der Waals surface area contributed by atoms with Gasteiger partial charge in [-0.05, 0) is 53.8 Å². The molecule has 1 atom stereocenters. The van der Waals surface area contributed by atoms with Crippen molar-refractivity contribution < 1.29 is 13.6 Å². The maximum atomic E-state index is 13.7. The highest BCUT2D eigenvalue weighted by atomic mass is 32.1. The standard InChI is InChI=1S/C19H15F2NOS/c1-12-4-5-14(11-16(12)21)19(23)22-18(17-3-2-10-24-17)13-6-8-15(20)9-7-13/h2-11,18H,1H3,(H,22,23). The van der Waals surface area contributed by atoms with Crippen LogP contribution in [0, 0.1) is 18.6 Å². The molecule has 1 unspecified atom stereocenters.